The molecule has 3 rings (SSSR count). The second-order valence-corrected chi connectivity index (χ2v) is 6.21. The Labute approximate surface area is 125 Å². The number of hydrogen-bond acceptors (Lipinski definition) is 3. The number of rotatable bonds is 3. The summed E-state index contributed by atoms with van der Waals surface area (Å²) in [6.45, 7) is 2.95. The average molecular weight is 285 g/mol. The molecule has 112 valence electrons. The smallest absolute Gasteiger partial charge is 0.255 e. The first-order chi connectivity index (χ1) is 10.1. The van der Waals surface area contributed by atoms with Gasteiger partial charge in [-0.15, -0.1) is 0 Å². The van der Waals surface area contributed by atoms with Crippen LogP contribution in [0.5, 0.6) is 0 Å². The van der Waals surface area contributed by atoms with Gasteiger partial charge in [-0.2, -0.15) is 0 Å². The van der Waals surface area contributed by atoms with Gasteiger partial charge >= 0.3 is 0 Å². The van der Waals surface area contributed by atoms with Crippen molar-refractivity contribution >= 4 is 10.9 Å². The van der Waals surface area contributed by atoms with Crippen LogP contribution in [0.4, 0.5) is 0 Å². The molecule has 1 aliphatic rings. The molecule has 0 aliphatic carbocycles. The highest BCUT2D eigenvalue weighted by molar-refractivity contribution is 5.79. The maximum absolute atomic E-state index is 12.5. The first kappa shape index (κ1) is 14.3. The van der Waals surface area contributed by atoms with Crippen molar-refractivity contribution in [2.75, 3.05) is 27.2 Å². The molecule has 2 aromatic rings. The summed E-state index contributed by atoms with van der Waals surface area (Å²) in [6, 6.07) is 10.7. The third kappa shape index (κ3) is 2.74. The summed E-state index contributed by atoms with van der Waals surface area (Å²) in [5.74, 6) is 0. The molecule has 1 atom stereocenters. The van der Waals surface area contributed by atoms with Crippen molar-refractivity contribution in [2.24, 2.45) is 7.05 Å². The number of para-hydroxylation sites is 1. The summed E-state index contributed by atoms with van der Waals surface area (Å²) in [5, 5.41) is 1.13. The fourth-order valence-electron chi connectivity index (χ4n) is 3.27. The quantitative estimate of drug-likeness (QED) is 0.859. The maximum atomic E-state index is 12.5. The summed E-state index contributed by atoms with van der Waals surface area (Å²) in [7, 11) is 6.14. The van der Waals surface area contributed by atoms with E-state index in [0.717, 1.165) is 36.1 Å². The van der Waals surface area contributed by atoms with E-state index in [4.69, 9.17) is 0 Å². The highest BCUT2D eigenvalue weighted by Crippen LogP contribution is 2.17. The van der Waals surface area contributed by atoms with Gasteiger partial charge in [-0.1, -0.05) is 18.2 Å². The second-order valence-electron chi connectivity index (χ2n) is 6.21. The molecular formula is C17H23N3O. The number of nitrogens with zero attached hydrogens (tertiary/aromatic N) is 3. The van der Waals surface area contributed by atoms with Crippen LogP contribution in [-0.2, 0) is 13.6 Å². The minimum absolute atomic E-state index is 0.118. The van der Waals surface area contributed by atoms with Crippen LogP contribution in [0.25, 0.3) is 10.9 Å². The summed E-state index contributed by atoms with van der Waals surface area (Å²) in [4.78, 5) is 17.2. The molecule has 1 aliphatic heterocycles. The Morgan fingerprint density at radius 3 is 2.76 bits per heavy atom. The largest absolute Gasteiger partial charge is 0.311 e. The van der Waals surface area contributed by atoms with Gasteiger partial charge in [-0.05, 0) is 44.6 Å². The van der Waals surface area contributed by atoms with Crippen LogP contribution in [0.3, 0.4) is 0 Å². The van der Waals surface area contributed by atoms with Crippen LogP contribution in [0, 0.1) is 0 Å². The van der Waals surface area contributed by atoms with E-state index in [1.165, 1.54) is 6.42 Å². The van der Waals surface area contributed by atoms with Crippen LogP contribution >= 0.6 is 0 Å². The molecule has 21 heavy (non-hydrogen) atoms. The maximum Gasteiger partial charge on any atom is 0.255 e. The summed E-state index contributed by atoms with van der Waals surface area (Å²) in [6.07, 6.45) is 1.18. The number of hydrogen-bond donors (Lipinski definition) is 0. The molecular weight excluding hydrogens is 262 g/mol. The summed E-state index contributed by atoms with van der Waals surface area (Å²) in [5.41, 5.74) is 2.00. The minimum atomic E-state index is 0.118. The Morgan fingerprint density at radius 1 is 1.29 bits per heavy atom. The predicted molar refractivity (Wildman–Crippen MR) is 86.6 cm³/mol. The molecule has 0 unspecified atom stereocenters. The fourth-order valence-corrected chi connectivity index (χ4v) is 3.27. The molecule has 4 nitrogen and oxygen atoms in total. The zero-order chi connectivity index (χ0) is 15.0. The van der Waals surface area contributed by atoms with Crippen LogP contribution in [0.2, 0.25) is 0 Å². The van der Waals surface area contributed by atoms with Gasteiger partial charge in [0.1, 0.15) is 0 Å². The number of benzene rings is 1. The Hall–Kier alpha value is -1.65. The lowest BCUT2D eigenvalue weighted by molar-refractivity contribution is 0.233. The van der Waals surface area contributed by atoms with Crippen molar-refractivity contribution in [2.45, 2.75) is 19.0 Å². The number of aromatic nitrogens is 1. The molecule has 0 bridgehead atoms. The molecule has 1 saturated heterocycles. The topological polar surface area (TPSA) is 28.5 Å². The molecule has 4 heteroatoms. The zero-order valence-corrected chi connectivity index (χ0v) is 13.0. The predicted octanol–water partition coefficient (Wildman–Crippen LogP) is 1.67. The number of pyridine rings is 1. The molecule has 0 spiro atoms. The van der Waals surface area contributed by atoms with Crippen LogP contribution in [0.1, 0.15) is 12.0 Å². The highest BCUT2D eigenvalue weighted by Gasteiger charge is 2.23. The molecule has 0 radical (unpaired) electrons. The molecule has 1 fully saturated rings. The summed E-state index contributed by atoms with van der Waals surface area (Å²) >= 11 is 0. The van der Waals surface area contributed by atoms with Crippen LogP contribution in [-0.4, -0.2) is 47.6 Å². The summed E-state index contributed by atoms with van der Waals surface area (Å²) < 4.78 is 1.76. The van der Waals surface area contributed by atoms with Crippen molar-refractivity contribution in [3.63, 3.8) is 0 Å². The first-order valence-corrected chi connectivity index (χ1v) is 7.52. The van der Waals surface area contributed by atoms with Gasteiger partial charge in [0, 0.05) is 31.7 Å². The van der Waals surface area contributed by atoms with E-state index in [2.05, 4.69) is 30.0 Å². The van der Waals surface area contributed by atoms with E-state index in [1.54, 1.807) is 4.57 Å². The van der Waals surface area contributed by atoms with Crippen LogP contribution in [0.15, 0.2) is 35.1 Å². The van der Waals surface area contributed by atoms with Crippen molar-refractivity contribution in [3.8, 4) is 0 Å². The van der Waals surface area contributed by atoms with E-state index in [0.29, 0.717) is 6.04 Å². The number of likely N-dealkylation sites (tertiary alicyclic amines) is 1. The zero-order valence-electron chi connectivity index (χ0n) is 13.0. The van der Waals surface area contributed by atoms with Crippen molar-refractivity contribution < 1.29 is 0 Å². The normalized spacial score (nSPS) is 19.7. The molecule has 0 saturated carbocycles. The van der Waals surface area contributed by atoms with Crippen molar-refractivity contribution in [1.82, 2.24) is 14.4 Å². The second kappa shape index (κ2) is 5.62. The molecule has 0 N–H and O–H groups in total. The number of aryl methyl sites for hydroxylation is 1. The van der Waals surface area contributed by atoms with E-state index in [9.17, 15) is 4.79 Å². The van der Waals surface area contributed by atoms with Crippen molar-refractivity contribution in [3.05, 3.63) is 46.2 Å². The molecule has 0 amide bonds. The lowest BCUT2D eigenvalue weighted by atomic mass is 10.1. The van der Waals surface area contributed by atoms with E-state index in [-0.39, 0.29) is 5.56 Å². The number of likely N-dealkylation sites (N-methyl/N-ethyl adjacent to an activating group) is 2. The van der Waals surface area contributed by atoms with E-state index >= 15 is 0 Å². The van der Waals surface area contributed by atoms with Crippen LogP contribution < -0.4 is 5.56 Å². The lowest BCUT2D eigenvalue weighted by Crippen LogP contribution is -2.35. The molecule has 2 heterocycles. The first-order valence-electron chi connectivity index (χ1n) is 7.52. The van der Waals surface area contributed by atoms with Gasteiger partial charge in [-0.25, -0.2) is 0 Å². The average Bonchev–Trinajstić information content (AvgIpc) is 2.91. The minimum Gasteiger partial charge on any atom is -0.311 e. The molecule has 1 aromatic carbocycles. The highest BCUT2D eigenvalue weighted by atomic mass is 16.1. The monoisotopic (exact) mass is 285 g/mol. The SMILES string of the molecule is CN1CC[C@@H](N(C)Cc2cc3ccccc3n(C)c2=O)C1. The standard InChI is InChI=1S/C17H23N3O/c1-18-9-8-15(12-18)19(2)11-14-10-13-6-4-5-7-16(13)20(3)17(14)21/h4-7,10,15H,8-9,11-12H2,1-3H3/t15-/m1/s1. The van der Waals surface area contributed by atoms with Gasteiger partial charge in [0.05, 0.1) is 5.52 Å². The van der Waals surface area contributed by atoms with Gasteiger partial charge in [0.2, 0.25) is 0 Å². The van der Waals surface area contributed by atoms with Gasteiger partial charge in [0.25, 0.3) is 5.56 Å². The van der Waals surface area contributed by atoms with E-state index < -0.39 is 0 Å². The third-order valence-electron chi connectivity index (χ3n) is 4.62. The van der Waals surface area contributed by atoms with Gasteiger partial charge < -0.3 is 9.47 Å². The van der Waals surface area contributed by atoms with E-state index in [1.807, 2.05) is 31.3 Å². The number of fused-ring (bicyclic) bond motifs is 1. The Bertz CT molecular complexity index is 707. The lowest BCUT2D eigenvalue weighted by Gasteiger charge is -2.24. The third-order valence-corrected chi connectivity index (χ3v) is 4.62. The van der Waals surface area contributed by atoms with Gasteiger partial charge in [0.15, 0.2) is 0 Å². The Morgan fingerprint density at radius 2 is 2.05 bits per heavy atom. The fraction of sp³-hybridized carbons (Fsp3) is 0.471. The molecule has 1 aromatic heterocycles. The Balaban J connectivity index is 1.90. The van der Waals surface area contributed by atoms with Gasteiger partial charge in [-0.3, -0.25) is 9.69 Å². The Kier molecular flexibility index (Phi) is 3.83. The van der Waals surface area contributed by atoms with Crippen molar-refractivity contribution in [1.29, 1.82) is 0 Å².